The standard InChI is InChI=1S/C12H16O4S/c1-4-7-17(14,15)11-6-5-9(2)8-10(11)12(13)16-3/h5-6,8H,4,7H2,1-3H3. The van der Waals surface area contributed by atoms with Crippen molar-refractivity contribution in [1.82, 2.24) is 0 Å². The summed E-state index contributed by atoms with van der Waals surface area (Å²) in [6.07, 6.45) is 0.511. The fourth-order valence-electron chi connectivity index (χ4n) is 1.56. The minimum atomic E-state index is -3.41. The summed E-state index contributed by atoms with van der Waals surface area (Å²) >= 11 is 0. The Kier molecular flexibility index (Phi) is 4.28. The molecule has 0 spiro atoms. The van der Waals surface area contributed by atoms with Gasteiger partial charge in [0.15, 0.2) is 9.84 Å². The topological polar surface area (TPSA) is 60.4 Å². The zero-order valence-corrected chi connectivity index (χ0v) is 11.0. The lowest BCUT2D eigenvalue weighted by molar-refractivity contribution is 0.0596. The highest BCUT2D eigenvalue weighted by Gasteiger charge is 2.22. The van der Waals surface area contributed by atoms with Crippen LogP contribution in [0, 0.1) is 6.92 Å². The summed E-state index contributed by atoms with van der Waals surface area (Å²) in [5.41, 5.74) is 0.932. The molecule has 4 nitrogen and oxygen atoms in total. The highest BCUT2D eigenvalue weighted by molar-refractivity contribution is 7.91. The van der Waals surface area contributed by atoms with Gasteiger partial charge in [0.05, 0.1) is 23.3 Å². The molecule has 0 saturated heterocycles. The molecule has 0 aliphatic rings. The minimum Gasteiger partial charge on any atom is -0.465 e. The minimum absolute atomic E-state index is 0.0278. The van der Waals surface area contributed by atoms with Gasteiger partial charge in [-0.1, -0.05) is 18.6 Å². The Morgan fingerprint density at radius 1 is 1.35 bits per heavy atom. The molecule has 17 heavy (non-hydrogen) atoms. The van der Waals surface area contributed by atoms with E-state index in [0.717, 1.165) is 5.56 Å². The van der Waals surface area contributed by atoms with Crippen LogP contribution in [0.5, 0.6) is 0 Å². The first-order chi connectivity index (χ1) is 7.92. The third-order valence-electron chi connectivity index (χ3n) is 2.35. The molecule has 1 aromatic rings. The van der Waals surface area contributed by atoms with Crippen LogP contribution >= 0.6 is 0 Å². The summed E-state index contributed by atoms with van der Waals surface area (Å²) in [5, 5.41) is 0. The molecule has 0 atom stereocenters. The molecule has 0 heterocycles. The van der Waals surface area contributed by atoms with Gasteiger partial charge in [-0.3, -0.25) is 0 Å². The second kappa shape index (κ2) is 5.31. The number of aryl methyl sites for hydroxylation is 1. The maximum Gasteiger partial charge on any atom is 0.339 e. The maximum absolute atomic E-state index is 12.0. The fourth-order valence-corrected chi connectivity index (χ4v) is 3.07. The van der Waals surface area contributed by atoms with Crippen LogP contribution in [0.3, 0.4) is 0 Å². The van der Waals surface area contributed by atoms with Gasteiger partial charge in [-0.15, -0.1) is 0 Å². The van der Waals surface area contributed by atoms with E-state index in [1.807, 2.05) is 0 Å². The van der Waals surface area contributed by atoms with Gasteiger partial charge in [-0.25, -0.2) is 13.2 Å². The van der Waals surface area contributed by atoms with Crippen molar-refractivity contribution in [3.63, 3.8) is 0 Å². The molecule has 5 heteroatoms. The van der Waals surface area contributed by atoms with E-state index in [1.54, 1.807) is 19.9 Å². The summed E-state index contributed by atoms with van der Waals surface area (Å²) in [7, 11) is -2.18. The zero-order valence-electron chi connectivity index (χ0n) is 10.2. The summed E-state index contributed by atoms with van der Waals surface area (Å²) in [5.74, 6) is -0.594. The van der Waals surface area contributed by atoms with Crippen molar-refractivity contribution >= 4 is 15.8 Å². The SMILES string of the molecule is CCCS(=O)(=O)c1ccc(C)cc1C(=O)OC. The number of sulfone groups is 1. The highest BCUT2D eigenvalue weighted by atomic mass is 32.2. The van der Waals surface area contributed by atoms with E-state index < -0.39 is 15.8 Å². The van der Waals surface area contributed by atoms with Gasteiger partial charge in [0, 0.05) is 0 Å². The number of benzene rings is 1. The molecule has 0 fully saturated rings. The molecule has 0 amide bonds. The van der Waals surface area contributed by atoms with E-state index in [0.29, 0.717) is 6.42 Å². The third-order valence-corrected chi connectivity index (χ3v) is 4.32. The van der Waals surface area contributed by atoms with E-state index in [-0.39, 0.29) is 16.2 Å². The number of ether oxygens (including phenoxy) is 1. The van der Waals surface area contributed by atoms with Crippen LogP contribution in [0.1, 0.15) is 29.3 Å². The van der Waals surface area contributed by atoms with Crippen LogP contribution in [-0.2, 0) is 14.6 Å². The first kappa shape index (κ1) is 13.7. The lowest BCUT2D eigenvalue weighted by atomic mass is 10.1. The zero-order chi connectivity index (χ0) is 13.1. The predicted molar refractivity (Wildman–Crippen MR) is 64.9 cm³/mol. The average Bonchev–Trinajstić information content (AvgIpc) is 2.27. The van der Waals surface area contributed by atoms with E-state index in [9.17, 15) is 13.2 Å². The van der Waals surface area contributed by atoms with E-state index in [1.165, 1.54) is 19.2 Å². The lowest BCUT2D eigenvalue weighted by Gasteiger charge is -2.09. The van der Waals surface area contributed by atoms with Crippen LogP contribution < -0.4 is 0 Å². The lowest BCUT2D eigenvalue weighted by Crippen LogP contribution is -2.13. The molecule has 0 aliphatic carbocycles. The Bertz CT molecular complexity index is 517. The maximum atomic E-state index is 12.0. The van der Waals surface area contributed by atoms with E-state index >= 15 is 0 Å². The van der Waals surface area contributed by atoms with Gasteiger partial charge in [0.1, 0.15) is 0 Å². The van der Waals surface area contributed by atoms with Crippen molar-refractivity contribution in [1.29, 1.82) is 0 Å². The van der Waals surface area contributed by atoms with Crippen molar-refractivity contribution in [3.8, 4) is 0 Å². The summed E-state index contributed by atoms with van der Waals surface area (Å²) in [4.78, 5) is 11.6. The van der Waals surface area contributed by atoms with Gasteiger partial charge in [-0.2, -0.15) is 0 Å². The Labute approximate surface area is 102 Å². The monoisotopic (exact) mass is 256 g/mol. The molecular formula is C12H16O4S. The number of hydrogen-bond acceptors (Lipinski definition) is 4. The molecule has 1 rings (SSSR count). The van der Waals surface area contributed by atoms with Crippen LogP contribution in [-0.4, -0.2) is 27.2 Å². The Morgan fingerprint density at radius 3 is 2.53 bits per heavy atom. The quantitative estimate of drug-likeness (QED) is 0.773. The van der Waals surface area contributed by atoms with Crippen LogP contribution in [0.4, 0.5) is 0 Å². The van der Waals surface area contributed by atoms with Gasteiger partial charge in [0.2, 0.25) is 0 Å². The van der Waals surface area contributed by atoms with Crippen molar-refractivity contribution < 1.29 is 17.9 Å². The molecule has 0 unspecified atom stereocenters. The van der Waals surface area contributed by atoms with Gasteiger partial charge in [-0.05, 0) is 25.5 Å². The smallest absolute Gasteiger partial charge is 0.339 e. The Morgan fingerprint density at radius 2 is 2.00 bits per heavy atom. The molecule has 0 N–H and O–H groups in total. The third kappa shape index (κ3) is 3.06. The highest BCUT2D eigenvalue weighted by Crippen LogP contribution is 2.20. The Hall–Kier alpha value is -1.36. The molecule has 0 aliphatic heterocycles. The summed E-state index contributed by atoms with van der Waals surface area (Å²) in [6, 6.07) is 4.68. The number of carbonyl (C=O) groups is 1. The fraction of sp³-hybridized carbons (Fsp3) is 0.417. The molecular weight excluding hydrogens is 240 g/mol. The number of esters is 1. The van der Waals surface area contributed by atoms with Crippen molar-refractivity contribution in [2.24, 2.45) is 0 Å². The second-order valence-electron chi connectivity index (χ2n) is 3.81. The van der Waals surface area contributed by atoms with Gasteiger partial charge >= 0.3 is 5.97 Å². The van der Waals surface area contributed by atoms with E-state index in [4.69, 9.17) is 0 Å². The Balaban J connectivity index is 3.38. The van der Waals surface area contributed by atoms with Crippen molar-refractivity contribution in [2.45, 2.75) is 25.2 Å². The normalized spacial score (nSPS) is 11.2. The van der Waals surface area contributed by atoms with Gasteiger partial charge < -0.3 is 4.74 Å². The average molecular weight is 256 g/mol. The van der Waals surface area contributed by atoms with Crippen LogP contribution in [0.25, 0.3) is 0 Å². The molecule has 0 aromatic heterocycles. The summed E-state index contributed by atoms with van der Waals surface area (Å²) in [6.45, 7) is 3.58. The first-order valence-electron chi connectivity index (χ1n) is 5.34. The first-order valence-corrected chi connectivity index (χ1v) is 6.99. The van der Waals surface area contributed by atoms with Crippen LogP contribution in [0.15, 0.2) is 23.1 Å². The number of methoxy groups -OCH3 is 1. The molecule has 0 bridgehead atoms. The summed E-state index contributed by atoms with van der Waals surface area (Å²) < 4.78 is 28.6. The predicted octanol–water partition coefficient (Wildman–Crippen LogP) is 1.97. The van der Waals surface area contributed by atoms with E-state index in [2.05, 4.69) is 4.74 Å². The largest absolute Gasteiger partial charge is 0.465 e. The second-order valence-corrected chi connectivity index (χ2v) is 5.89. The molecule has 0 radical (unpaired) electrons. The molecule has 1 aromatic carbocycles. The molecule has 94 valence electrons. The van der Waals surface area contributed by atoms with Crippen molar-refractivity contribution in [2.75, 3.05) is 12.9 Å². The number of rotatable bonds is 4. The number of hydrogen-bond donors (Lipinski definition) is 0. The van der Waals surface area contributed by atoms with Crippen LogP contribution in [0.2, 0.25) is 0 Å². The van der Waals surface area contributed by atoms with Gasteiger partial charge in [0.25, 0.3) is 0 Å². The number of carbonyl (C=O) groups excluding carboxylic acids is 1. The molecule has 0 saturated carbocycles. The van der Waals surface area contributed by atoms with Crippen molar-refractivity contribution in [3.05, 3.63) is 29.3 Å².